The predicted molar refractivity (Wildman–Crippen MR) is 146 cm³/mol. The Morgan fingerprint density at radius 1 is 0.917 bits per heavy atom. The van der Waals surface area contributed by atoms with Gasteiger partial charge in [0.25, 0.3) is 0 Å². The minimum atomic E-state index is -0.449. The summed E-state index contributed by atoms with van der Waals surface area (Å²) >= 11 is 9.80. The number of ether oxygens (including phenoxy) is 1. The second kappa shape index (κ2) is 9.18. The van der Waals surface area contributed by atoms with E-state index in [0.29, 0.717) is 41.4 Å². The third kappa shape index (κ3) is 4.92. The van der Waals surface area contributed by atoms with Crippen LogP contribution in [0.1, 0.15) is 70.4 Å². The zero-order chi connectivity index (χ0) is 25.8. The molecule has 3 aliphatic rings. The number of Topliss-reactive ketones (excluding diaryl/α,β-unsaturated/α-hetero) is 2. The summed E-state index contributed by atoms with van der Waals surface area (Å²) in [5.74, 6) is 0.418. The van der Waals surface area contributed by atoms with E-state index in [9.17, 15) is 9.59 Å². The topological polar surface area (TPSA) is 55.4 Å². The van der Waals surface area contributed by atoms with Crippen LogP contribution < -0.4 is 10.1 Å². The molecule has 6 heteroatoms. The second-order valence-electron chi connectivity index (χ2n) is 11.8. The monoisotopic (exact) mass is 567 g/mol. The van der Waals surface area contributed by atoms with Crippen molar-refractivity contribution in [3.8, 4) is 5.75 Å². The Bertz CT molecular complexity index is 1290. The van der Waals surface area contributed by atoms with Gasteiger partial charge in [0.2, 0.25) is 0 Å². The molecule has 0 saturated heterocycles. The van der Waals surface area contributed by atoms with Crippen LogP contribution in [-0.2, 0) is 16.2 Å². The third-order valence-electron chi connectivity index (χ3n) is 7.29. The number of rotatable bonds is 4. The summed E-state index contributed by atoms with van der Waals surface area (Å²) in [6, 6.07) is 13.4. The first-order valence-electron chi connectivity index (χ1n) is 12.4. The summed E-state index contributed by atoms with van der Waals surface area (Å²) in [6.07, 6.45) is 2.45. The van der Waals surface area contributed by atoms with E-state index in [1.807, 2.05) is 42.5 Å². The normalized spacial score (nSPS) is 21.2. The van der Waals surface area contributed by atoms with Crippen molar-refractivity contribution < 1.29 is 14.3 Å². The molecule has 0 aromatic heterocycles. The van der Waals surface area contributed by atoms with Crippen LogP contribution in [0.25, 0.3) is 0 Å². The van der Waals surface area contributed by atoms with Gasteiger partial charge in [0.05, 0.1) is 0 Å². The van der Waals surface area contributed by atoms with Crippen molar-refractivity contribution >= 4 is 39.1 Å². The van der Waals surface area contributed by atoms with Crippen LogP contribution in [0, 0.1) is 10.8 Å². The molecule has 0 unspecified atom stereocenters. The van der Waals surface area contributed by atoms with Crippen molar-refractivity contribution in [2.24, 2.45) is 10.8 Å². The van der Waals surface area contributed by atoms with E-state index in [0.717, 1.165) is 39.8 Å². The van der Waals surface area contributed by atoms with Crippen LogP contribution in [0.2, 0.25) is 5.02 Å². The van der Waals surface area contributed by atoms with Crippen LogP contribution in [-0.4, -0.2) is 11.6 Å². The van der Waals surface area contributed by atoms with E-state index in [1.54, 1.807) is 0 Å². The van der Waals surface area contributed by atoms with Crippen LogP contribution in [0.15, 0.2) is 69.5 Å². The van der Waals surface area contributed by atoms with Gasteiger partial charge in [-0.1, -0.05) is 67.4 Å². The Kier molecular flexibility index (Phi) is 6.45. The van der Waals surface area contributed by atoms with Gasteiger partial charge in [-0.25, -0.2) is 0 Å². The molecule has 0 saturated carbocycles. The lowest BCUT2D eigenvalue weighted by molar-refractivity contribution is -0.119. The fourth-order valence-corrected chi connectivity index (χ4v) is 6.46. The number of carbonyl (C=O) groups is 2. The first kappa shape index (κ1) is 25.3. The predicted octanol–water partition coefficient (Wildman–Crippen LogP) is 7.65. The Morgan fingerprint density at radius 2 is 1.53 bits per heavy atom. The average molecular weight is 569 g/mol. The molecule has 2 aliphatic carbocycles. The third-order valence-corrected chi connectivity index (χ3v) is 8.01. The zero-order valence-corrected chi connectivity index (χ0v) is 23.5. The highest BCUT2D eigenvalue weighted by molar-refractivity contribution is 9.10. The van der Waals surface area contributed by atoms with Crippen LogP contribution in [0.3, 0.4) is 0 Å². The number of nitrogens with one attached hydrogen (secondary N) is 1. The molecule has 5 rings (SSSR count). The molecule has 1 N–H and O–H groups in total. The zero-order valence-electron chi connectivity index (χ0n) is 21.1. The van der Waals surface area contributed by atoms with Gasteiger partial charge in [0.1, 0.15) is 12.4 Å². The average Bonchev–Trinajstić information content (AvgIpc) is 2.75. The number of dihydropyridines is 1. The number of halogens is 2. The van der Waals surface area contributed by atoms with Crippen molar-refractivity contribution in [1.82, 2.24) is 5.32 Å². The highest BCUT2D eigenvalue weighted by Crippen LogP contribution is 2.52. The molecule has 1 heterocycles. The van der Waals surface area contributed by atoms with Gasteiger partial charge in [0.15, 0.2) is 11.6 Å². The first-order chi connectivity index (χ1) is 16.9. The molecule has 0 fully saturated rings. The van der Waals surface area contributed by atoms with E-state index in [-0.39, 0.29) is 22.4 Å². The van der Waals surface area contributed by atoms with E-state index < -0.39 is 5.92 Å². The molecular weight excluding hydrogens is 538 g/mol. The van der Waals surface area contributed by atoms with Crippen molar-refractivity contribution in [3.63, 3.8) is 0 Å². The highest BCUT2D eigenvalue weighted by atomic mass is 79.9. The lowest BCUT2D eigenvalue weighted by Gasteiger charge is -2.44. The van der Waals surface area contributed by atoms with Gasteiger partial charge in [-0.15, -0.1) is 0 Å². The number of allylic oxidation sites excluding steroid dienone is 4. The van der Waals surface area contributed by atoms with E-state index in [2.05, 4.69) is 48.9 Å². The maximum atomic E-state index is 13.7. The summed E-state index contributed by atoms with van der Waals surface area (Å²) < 4.78 is 7.21. The van der Waals surface area contributed by atoms with Gasteiger partial charge in [0, 0.05) is 56.4 Å². The quantitative estimate of drug-likeness (QED) is 0.411. The molecule has 0 radical (unpaired) electrons. The second-order valence-corrected chi connectivity index (χ2v) is 13.2. The number of carbonyl (C=O) groups excluding carboxylic acids is 2. The Hall–Kier alpha value is -2.37. The highest BCUT2D eigenvalue weighted by Gasteiger charge is 2.47. The molecule has 1 aliphatic heterocycles. The first-order valence-corrected chi connectivity index (χ1v) is 13.6. The molecule has 0 atom stereocenters. The standard InChI is InChI=1S/C30H31BrClNO3/c1-29(2)12-21-27(23(34)14-29)26(28-22(33-21)13-30(3,4)15-24(28)35)20-11-18(31)8-9-25(20)36-16-17-6-5-7-19(32)10-17/h5-11,26,33H,12-16H2,1-4H3. The number of hydrogen-bond acceptors (Lipinski definition) is 4. The summed E-state index contributed by atoms with van der Waals surface area (Å²) in [5.41, 5.74) is 4.85. The molecule has 4 nitrogen and oxygen atoms in total. The molecular formula is C30H31BrClNO3. The van der Waals surface area contributed by atoms with Gasteiger partial charge < -0.3 is 10.1 Å². The molecule has 0 spiro atoms. The molecule has 2 aromatic rings. The molecule has 36 heavy (non-hydrogen) atoms. The van der Waals surface area contributed by atoms with Gasteiger partial charge in [-0.05, 0) is 59.6 Å². The number of hydrogen-bond donors (Lipinski definition) is 1. The minimum Gasteiger partial charge on any atom is -0.489 e. The molecule has 0 amide bonds. The lowest BCUT2D eigenvalue weighted by atomic mass is 9.64. The van der Waals surface area contributed by atoms with Crippen LogP contribution in [0.4, 0.5) is 0 Å². The minimum absolute atomic E-state index is 0.101. The summed E-state index contributed by atoms with van der Waals surface area (Å²) in [5, 5.41) is 4.23. The fraction of sp³-hybridized carbons (Fsp3) is 0.400. The van der Waals surface area contributed by atoms with E-state index in [4.69, 9.17) is 16.3 Å². The summed E-state index contributed by atoms with van der Waals surface area (Å²) in [6.45, 7) is 8.85. The Balaban J connectivity index is 1.64. The fourth-order valence-electron chi connectivity index (χ4n) is 5.86. The van der Waals surface area contributed by atoms with E-state index in [1.165, 1.54) is 0 Å². The van der Waals surface area contributed by atoms with Gasteiger partial charge >= 0.3 is 0 Å². The molecule has 188 valence electrons. The summed E-state index contributed by atoms with van der Waals surface area (Å²) in [7, 11) is 0. The Labute approximate surface area is 226 Å². The van der Waals surface area contributed by atoms with Crippen LogP contribution >= 0.6 is 27.5 Å². The van der Waals surface area contributed by atoms with Crippen molar-refractivity contribution in [2.45, 2.75) is 65.9 Å². The maximum Gasteiger partial charge on any atom is 0.162 e. The van der Waals surface area contributed by atoms with Crippen molar-refractivity contribution in [1.29, 1.82) is 0 Å². The van der Waals surface area contributed by atoms with Crippen molar-refractivity contribution in [2.75, 3.05) is 0 Å². The Morgan fingerprint density at radius 3 is 2.11 bits per heavy atom. The number of ketones is 2. The van der Waals surface area contributed by atoms with Gasteiger partial charge in [-0.3, -0.25) is 9.59 Å². The van der Waals surface area contributed by atoms with E-state index >= 15 is 0 Å². The SMILES string of the molecule is CC1(C)CC(=O)C2=C(C1)NC1=C(C(=O)CC(C)(C)C1)C2c1cc(Br)ccc1OCc1cccc(Cl)c1. The van der Waals surface area contributed by atoms with Crippen LogP contribution in [0.5, 0.6) is 5.75 Å². The lowest BCUT2D eigenvalue weighted by Crippen LogP contribution is -2.42. The van der Waals surface area contributed by atoms with Gasteiger partial charge in [-0.2, -0.15) is 0 Å². The largest absolute Gasteiger partial charge is 0.489 e. The molecule has 2 aromatic carbocycles. The van der Waals surface area contributed by atoms with Crippen molar-refractivity contribution in [3.05, 3.63) is 85.6 Å². The number of benzene rings is 2. The maximum absolute atomic E-state index is 13.7. The smallest absolute Gasteiger partial charge is 0.162 e. The molecule has 0 bridgehead atoms. The summed E-state index contributed by atoms with van der Waals surface area (Å²) in [4.78, 5) is 27.3.